The molecule has 1 saturated carbocycles. The van der Waals surface area contributed by atoms with Crippen molar-refractivity contribution in [3.8, 4) is 39.5 Å². The molecular weight excluding hydrogens is 825 g/mol. The summed E-state index contributed by atoms with van der Waals surface area (Å²) in [6.45, 7) is 14.2. The van der Waals surface area contributed by atoms with E-state index in [2.05, 4.69) is 159 Å². The van der Waals surface area contributed by atoms with Crippen LogP contribution in [0.25, 0.3) is 39.1 Å². The Bertz CT molecular complexity index is 3020. The third-order valence-corrected chi connectivity index (χ3v) is 15.6. The van der Waals surface area contributed by atoms with Crippen molar-refractivity contribution in [3.05, 3.63) is 173 Å². The number of morpholine rings is 1. The molecular formula is C61H60N2O4. The van der Waals surface area contributed by atoms with Crippen molar-refractivity contribution in [1.82, 2.24) is 0 Å². The maximum atomic E-state index is 8.02. The number of methoxy groups -OCH3 is 2. The summed E-state index contributed by atoms with van der Waals surface area (Å²) < 4.78 is 25.2. The van der Waals surface area contributed by atoms with Gasteiger partial charge in [-0.3, -0.25) is 0 Å². The minimum atomic E-state index is -0.955. The van der Waals surface area contributed by atoms with Crippen LogP contribution in [0.4, 0.5) is 17.1 Å². The highest BCUT2D eigenvalue weighted by molar-refractivity contribution is 6.12. The van der Waals surface area contributed by atoms with Crippen LogP contribution in [0.15, 0.2) is 140 Å². The predicted molar refractivity (Wildman–Crippen MR) is 274 cm³/mol. The van der Waals surface area contributed by atoms with E-state index in [1.54, 1.807) is 14.2 Å². The van der Waals surface area contributed by atoms with E-state index in [4.69, 9.17) is 18.9 Å². The van der Waals surface area contributed by atoms with Crippen LogP contribution in [0.2, 0.25) is 0 Å². The Morgan fingerprint density at radius 3 is 1.91 bits per heavy atom. The molecule has 0 N–H and O–H groups in total. The maximum Gasteiger partial charge on any atom is 0.178 e. The van der Waals surface area contributed by atoms with Gasteiger partial charge in [-0.05, 0) is 136 Å². The normalized spacial score (nSPS) is 19.1. The Morgan fingerprint density at radius 2 is 1.24 bits per heavy atom. The number of rotatable bonds is 7. The van der Waals surface area contributed by atoms with Crippen LogP contribution in [-0.2, 0) is 22.2 Å². The summed E-state index contributed by atoms with van der Waals surface area (Å²) in [6.07, 6.45) is 9.03. The Balaban J connectivity index is 1.18. The summed E-state index contributed by atoms with van der Waals surface area (Å²) in [6, 6.07) is 49.4. The van der Waals surface area contributed by atoms with Crippen molar-refractivity contribution >= 4 is 33.9 Å². The van der Waals surface area contributed by atoms with E-state index in [1.165, 1.54) is 73.4 Å². The van der Waals surface area contributed by atoms with E-state index in [-0.39, 0.29) is 16.2 Å². The highest BCUT2D eigenvalue weighted by Crippen LogP contribution is 2.67. The maximum absolute atomic E-state index is 8.02. The molecule has 0 atom stereocenters. The van der Waals surface area contributed by atoms with Crippen molar-refractivity contribution in [3.63, 3.8) is 0 Å². The monoisotopic (exact) mass is 884 g/mol. The molecule has 2 fully saturated rings. The van der Waals surface area contributed by atoms with Gasteiger partial charge in [0.1, 0.15) is 17.2 Å². The van der Waals surface area contributed by atoms with Crippen molar-refractivity contribution in [2.75, 3.05) is 56.9 Å². The largest absolute Gasteiger partial charge is 0.497 e. The van der Waals surface area contributed by atoms with E-state index in [1.807, 2.05) is 24.3 Å². The number of ether oxygens (including phenoxy) is 4. The molecule has 7 aromatic rings. The van der Waals surface area contributed by atoms with Crippen LogP contribution >= 0.6 is 0 Å². The summed E-state index contributed by atoms with van der Waals surface area (Å²) in [5.74, 6) is 2.54. The Morgan fingerprint density at radius 1 is 0.597 bits per heavy atom. The van der Waals surface area contributed by atoms with Crippen LogP contribution in [-0.4, -0.2) is 47.1 Å². The van der Waals surface area contributed by atoms with Gasteiger partial charge in [0, 0.05) is 69.8 Å². The SMILES string of the molecule is COc1ccc(C2(c3ccc(OC)cc3)C=Cc3c4c(c5cc(N6CCc7ccccc76)c(-c6ccc(N7CCOCC7)cc6)cc5c3O2)-c2ccccc2C42CC(C)(C)CC(C)(C)C2)cc1. The topological polar surface area (TPSA) is 43.4 Å². The fourth-order valence-corrected chi connectivity index (χ4v) is 13.6. The first-order valence-corrected chi connectivity index (χ1v) is 24.2. The van der Waals surface area contributed by atoms with Gasteiger partial charge in [-0.15, -0.1) is 0 Å². The first kappa shape index (κ1) is 41.9. The smallest absolute Gasteiger partial charge is 0.178 e. The fraction of sp³-hybridized carbons (Fsp3) is 0.311. The minimum absolute atomic E-state index is 0.106. The van der Waals surface area contributed by atoms with Gasteiger partial charge in [0.2, 0.25) is 0 Å². The molecule has 0 unspecified atom stereocenters. The molecule has 0 radical (unpaired) electrons. The lowest BCUT2D eigenvalue weighted by Crippen LogP contribution is -2.44. The van der Waals surface area contributed by atoms with Crippen molar-refractivity contribution in [2.24, 2.45) is 10.8 Å². The molecule has 12 rings (SSSR count). The molecule has 1 spiro atoms. The first-order valence-electron chi connectivity index (χ1n) is 24.2. The molecule has 7 aromatic carbocycles. The van der Waals surface area contributed by atoms with Gasteiger partial charge in [0.05, 0.1) is 27.4 Å². The van der Waals surface area contributed by atoms with E-state index >= 15 is 0 Å². The lowest BCUT2D eigenvalue weighted by Gasteiger charge is -2.52. The Labute approximate surface area is 395 Å². The summed E-state index contributed by atoms with van der Waals surface area (Å²) in [5.41, 5.74) is 15.4. The van der Waals surface area contributed by atoms with Gasteiger partial charge in [-0.25, -0.2) is 0 Å². The zero-order chi connectivity index (χ0) is 45.7. The molecule has 67 heavy (non-hydrogen) atoms. The molecule has 6 nitrogen and oxygen atoms in total. The summed E-state index contributed by atoms with van der Waals surface area (Å²) in [5, 5.41) is 2.36. The van der Waals surface area contributed by atoms with Crippen LogP contribution in [0.3, 0.4) is 0 Å². The second kappa shape index (κ2) is 15.5. The lowest BCUT2D eigenvalue weighted by atomic mass is 9.52. The highest BCUT2D eigenvalue weighted by atomic mass is 16.5. The molecule has 0 aromatic heterocycles. The molecule has 2 aliphatic carbocycles. The third-order valence-electron chi connectivity index (χ3n) is 15.6. The molecule has 1 saturated heterocycles. The van der Waals surface area contributed by atoms with Gasteiger partial charge >= 0.3 is 0 Å². The number of fused-ring (bicyclic) bond motifs is 11. The van der Waals surface area contributed by atoms with Gasteiger partial charge in [0.25, 0.3) is 0 Å². The number of nitrogens with zero attached hydrogens (tertiary/aromatic N) is 2. The van der Waals surface area contributed by atoms with Crippen LogP contribution < -0.4 is 24.0 Å². The van der Waals surface area contributed by atoms with E-state index in [9.17, 15) is 0 Å². The molecule has 0 amide bonds. The van der Waals surface area contributed by atoms with Gasteiger partial charge in [0.15, 0.2) is 5.60 Å². The molecule has 0 bridgehead atoms. The zero-order valence-electron chi connectivity index (χ0n) is 39.7. The fourth-order valence-electron chi connectivity index (χ4n) is 13.6. The lowest BCUT2D eigenvalue weighted by molar-refractivity contribution is 0.0642. The number of benzene rings is 7. The van der Waals surface area contributed by atoms with E-state index < -0.39 is 5.60 Å². The number of hydrogen-bond donors (Lipinski definition) is 0. The predicted octanol–water partition coefficient (Wildman–Crippen LogP) is 13.9. The summed E-state index contributed by atoms with van der Waals surface area (Å²) >= 11 is 0. The number of anilines is 3. The van der Waals surface area contributed by atoms with Gasteiger partial charge in [-0.1, -0.05) is 113 Å². The molecule has 5 aliphatic rings. The van der Waals surface area contributed by atoms with Crippen LogP contribution in [0, 0.1) is 10.8 Å². The van der Waals surface area contributed by atoms with Crippen molar-refractivity contribution < 1.29 is 18.9 Å². The van der Waals surface area contributed by atoms with Gasteiger partial charge in [-0.2, -0.15) is 0 Å². The number of para-hydroxylation sites is 1. The second-order valence-corrected chi connectivity index (χ2v) is 21.2. The Kier molecular flexibility index (Phi) is 9.71. The molecule has 338 valence electrons. The standard InChI is InChI=1S/C61H60N2O4/c1-58(2)37-59(3,4)39-60(38-58)52-13-9-8-12-47(52)55-50-36-54(63-30-28-41-11-7-10-14-53(41)63)49(40-15-21-44(22-16-40)62-31-33-66-34-32-62)35-51(50)57-48(56(55)60)27-29-61(67-57,42-17-23-45(64-5)24-18-42)43-19-25-46(65-6)26-20-43/h7-27,29,35-36H,28,30-34,37-39H2,1-6H3. The second-order valence-electron chi connectivity index (χ2n) is 21.2. The first-order chi connectivity index (χ1) is 32.5. The summed E-state index contributed by atoms with van der Waals surface area (Å²) in [4.78, 5) is 5.01. The van der Waals surface area contributed by atoms with Gasteiger partial charge < -0.3 is 28.7 Å². The van der Waals surface area contributed by atoms with Crippen LogP contribution in [0.1, 0.15) is 80.3 Å². The minimum Gasteiger partial charge on any atom is -0.497 e. The van der Waals surface area contributed by atoms with E-state index in [0.717, 1.165) is 85.9 Å². The molecule has 3 heterocycles. The molecule has 3 aliphatic heterocycles. The Hall–Kier alpha value is -6.50. The van der Waals surface area contributed by atoms with Crippen molar-refractivity contribution in [1.29, 1.82) is 0 Å². The zero-order valence-corrected chi connectivity index (χ0v) is 39.7. The third kappa shape index (κ3) is 6.69. The number of hydrogen-bond acceptors (Lipinski definition) is 6. The van der Waals surface area contributed by atoms with E-state index in [0.29, 0.717) is 0 Å². The van der Waals surface area contributed by atoms with Crippen LogP contribution in [0.5, 0.6) is 17.2 Å². The quantitative estimate of drug-likeness (QED) is 0.159. The summed E-state index contributed by atoms with van der Waals surface area (Å²) in [7, 11) is 3.44. The average Bonchev–Trinajstić information content (AvgIpc) is 3.90. The van der Waals surface area contributed by atoms with Crippen molar-refractivity contribution in [2.45, 2.75) is 64.4 Å². The molecule has 6 heteroatoms. The average molecular weight is 885 g/mol. The highest BCUT2D eigenvalue weighted by Gasteiger charge is 2.55.